The number of aromatic amines is 1. The van der Waals surface area contributed by atoms with Crippen molar-refractivity contribution in [1.82, 2.24) is 20.2 Å². The first-order chi connectivity index (χ1) is 11.4. The Kier molecular flexibility index (Phi) is 8.12. The van der Waals surface area contributed by atoms with E-state index in [2.05, 4.69) is 38.1 Å². The zero-order valence-corrected chi connectivity index (χ0v) is 17.2. The zero-order valence-electron chi connectivity index (χ0n) is 15.5. The van der Waals surface area contributed by atoms with Crippen molar-refractivity contribution in [2.45, 2.75) is 51.5 Å². The van der Waals surface area contributed by atoms with Crippen LogP contribution >= 0.6 is 24.8 Å². The Balaban J connectivity index is 0.00000169. The highest BCUT2D eigenvalue weighted by atomic mass is 35.5. The minimum absolute atomic E-state index is 0. The topological polar surface area (TPSA) is 110 Å². The number of hydrogen-bond donors (Lipinski definition) is 3. The Morgan fingerprint density at radius 2 is 1.92 bits per heavy atom. The minimum Gasteiger partial charge on any atom is -0.368 e. The molecule has 2 aromatic heterocycles. The van der Waals surface area contributed by atoms with Gasteiger partial charge in [0.05, 0.1) is 11.4 Å². The lowest BCUT2D eigenvalue weighted by Gasteiger charge is -2.32. The molecule has 1 saturated carbocycles. The number of aromatic nitrogens is 4. The van der Waals surface area contributed by atoms with Crippen LogP contribution < -0.4 is 16.4 Å². The Morgan fingerprint density at radius 3 is 2.50 bits per heavy atom. The van der Waals surface area contributed by atoms with Crippen molar-refractivity contribution in [3.05, 3.63) is 28.7 Å². The van der Waals surface area contributed by atoms with E-state index in [1.54, 1.807) is 0 Å². The van der Waals surface area contributed by atoms with Gasteiger partial charge in [0.25, 0.3) is 0 Å². The molecular weight excluding hydrogens is 373 g/mol. The van der Waals surface area contributed by atoms with Crippen LogP contribution in [0, 0.1) is 13.8 Å². The van der Waals surface area contributed by atoms with E-state index in [-0.39, 0.29) is 24.8 Å². The molecule has 2 heterocycles. The lowest BCUT2D eigenvalue weighted by atomic mass is 9.78. The van der Waals surface area contributed by atoms with Crippen molar-refractivity contribution in [2.24, 2.45) is 5.73 Å². The van der Waals surface area contributed by atoms with E-state index < -0.39 is 0 Å². The predicted octanol–water partition coefficient (Wildman–Crippen LogP) is 2.52. The third-order valence-electron chi connectivity index (χ3n) is 4.93. The second kappa shape index (κ2) is 9.39. The van der Waals surface area contributed by atoms with Crippen molar-refractivity contribution in [1.29, 1.82) is 0 Å². The molecule has 0 amide bonds. The van der Waals surface area contributed by atoms with Crippen LogP contribution in [0.1, 0.15) is 47.8 Å². The van der Waals surface area contributed by atoms with Crippen LogP contribution in [0.4, 0.5) is 11.8 Å². The summed E-state index contributed by atoms with van der Waals surface area (Å²) in [4.78, 5) is 10.9. The zero-order chi connectivity index (χ0) is 17.3. The smallest absolute Gasteiger partial charge is 0.222 e. The van der Waals surface area contributed by atoms with E-state index in [4.69, 9.17) is 11.5 Å². The number of halogens is 2. The van der Waals surface area contributed by atoms with Crippen LogP contribution in [0.2, 0.25) is 0 Å². The first-order valence-corrected chi connectivity index (χ1v) is 8.55. The molecular formula is C17H29Cl2N7. The number of nitrogen functional groups attached to an aromatic ring is 1. The maximum absolute atomic E-state index is 5.90. The molecule has 0 aromatic carbocycles. The van der Waals surface area contributed by atoms with Gasteiger partial charge in [-0.05, 0) is 45.1 Å². The molecule has 1 fully saturated rings. The summed E-state index contributed by atoms with van der Waals surface area (Å²) < 4.78 is 0. The number of H-pyrrole nitrogens is 1. The van der Waals surface area contributed by atoms with Crippen molar-refractivity contribution in [2.75, 3.05) is 24.2 Å². The van der Waals surface area contributed by atoms with E-state index in [9.17, 15) is 0 Å². The molecule has 3 rings (SSSR count). The third kappa shape index (κ3) is 4.99. The summed E-state index contributed by atoms with van der Waals surface area (Å²) >= 11 is 0. The quantitative estimate of drug-likeness (QED) is 0.685. The highest BCUT2D eigenvalue weighted by molar-refractivity contribution is 5.85. The van der Waals surface area contributed by atoms with Gasteiger partial charge in [0.2, 0.25) is 5.95 Å². The first-order valence-electron chi connectivity index (χ1n) is 8.55. The molecule has 1 aliphatic carbocycles. The largest absolute Gasteiger partial charge is 0.368 e. The average molecular weight is 402 g/mol. The normalized spacial score (nSPS) is 18.5. The number of rotatable bonds is 6. The maximum atomic E-state index is 5.90. The second-order valence-electron chi connectivity index (χ2n) is 6.88. The van der Waals surface area contributed by atoms with Gasteiger partial charge in [-0.1, -0.05) is 0 Å². The molecule has 0 radical (unpaired) electrons. The summed E-state index contributed by atoms with van der Waals surface area (Å²) in [6.07, 6.45) is 4.01. The van der Waals surface area contributed by atoms with Crippen LogP contribution in [0.15, 0.2) is 6.07 Å². The van der Waals surface area contributed by atoms with Gasteiger partial charge in [0.1, 0.15) is 5.82 Å². The Labute approximate surface area is 167 Å². The molecule has 0 aliphatic heterocycles. The lowest BCUT2D eigenvalue weighted by molar-refractivity contribution is 0.345. The minimum atomic E-state index is 0. The van der Waals surface area contributed by atoms with Crippen LogP contribution in [-0.2, 0) is 6.42 Å². The number of hydrogen-bond acceptors (Lipinski definition) is 6. The number of aryl methyl sites for hydroxylation is 2. The molecule has 1 aliphatic rings. The van der Waals surface area contributed by atoms with E-state index in [1.165, 1.54) is 5.56 Å². The molecule has 0 bridgehead atoms. The van der Waals surface area contributed by atoms with Gasteiger partial charge in [-0.25, -0.2) is 4.98 Å². The van der Waals surface area contributed by atoms with Gasteiger partial charge >= 0.3 is 0 Å². The van der Waals surface area contributed by atoms with Crippen molar-refractivity contribution >= 4 is 36.6 Å². The number of anilines is 2. The van der Waals surface area contributed by atoms with Crippen LogP contribution in [-0.4, -0.2) is 39.8 Å². The molecule has 0 atom stereocenters. The van der Waals surface area contributed by atoms with Crippen LogP contribution in [0.3, 0.4) is 0 Å². The monoisotopic (exact) mass is 401 g/mol. The van der Waals surface area contributed by atoms with Gasteiger partial charge in [-0.3, -0.25) is 5.10 Å². The summed E-state index contributed by atoms with van der Waals surface area (Å²) in [7, 11) is 2.05. The summed E-state index contributed by atoms with van der Waals surface area (Å²) in [5, 5.41) is 7.29. The van der Waals surface area contributed by atoms with Gasteiger partial charge in [-0.15, -0.1) is 24.8 Å². The van der Waals surface area contributed by atoms with Gasteiger partial charge in [0.15, 0.2) is 0 Å². The number of nitrogens with two attached hydrogens (primary N) is 2. The molecule has 146 valence electrons. The average Bonchev–Trinajstić information content (AvgIpc) is 2.83. The molecule has 5 N–H and O–H groups in total. The van der Waals surface area contributed by atoms with Crippen molar-refractivity contribution < 1.29 is 0 Å². The Bertz CT molecular complexity index is 694. The van der Waals surface area contributed by atoms with Crippen molar-refractivity contribution in [3.63, 3.8) is 0 Å². The molecule has 26 heavy (non-hydrogen) atoms. The number of nitrogens with zero attached hydrogens (tertiary/aromatic N) is 4. The lowest BCUT2D eigenvalue weighted by Crippen LogP contribution is -2.35. The third-order valence-corrected chi connectivity index (χ3v) is 4.93. The summed E-state index contributed by atoms with van der Waals surface area (Å²) in [6, 6.07) is 2.36. The summed E-state index contributed by atoms with van der Waals surface area (Å²) in [5.74, 6) is 1.66. The standard InChI is InChI=1S/C17H27N7.2ClH/c1-10-14(11(2)23-22-10)5-4-6-24(3)16-9-15(20-17(19)21-16)12-7-13(18)8-12;;/h9,12-13H,4-8,18H2,1-3H3,(H,22,23)(H2,19,20,21);2*1H. The molecule has 0 saturated heterocycles. The summed E-state index contributed by atoms with van der Waals surface area (Å²) in [6.45, 7) is 5.02. The molecule has 9 heteroatoms. The maximum Gasteiger partial charge on any atom is 0.222 e. The second-order valence-corrected chi connectivity index (χ2v) is 6.88. The number of nitrogens with one attached hydrogen (secondary N) is 1. The fourth-order valence-corrected chi connectivity index (χ4v) is 3.33. The first kappa shape index (κ1) is 22.5. The molecule has 7 nitrogen and oxygen atoms in total. The Morgan fingerprint density at radius 1 is 1.23 bits per heavy atom. The van der Waals surface area contributed by atoms with E-state index in [0.717, 1.165) is 55.1 Å². The van der Waals surface area contributed by atoms with Crippen molar-refractivity contribution in [3.8, 4) is 0 Å². The van der Waals surface area contributed by atoms with Gasteiger partial charge in [0, 0.05) is 37.3 Å². The van der Waals surface area contributed by atoms with Crippen LogP contribution in [0.25, 0.3) is 0 Å². The highest BCUT2D eigenvalue weighted by Gasteiger charge is 2.29. The van der Waals surface area contributed by atoms with E-state index >= 15 is 0 Å². The summed E-state index contributed by atoms with van der Waals surface area (Å²) in [5.41, 5.74) is 16.4. The SMILES string of the molecule is Cc1n[nH]c(C)c1CCCN(C)c1cc(C2CC(N)C2)nc(N)n1.Cl.Cl. The Hall–Kier alpha value is -1.57. The molecule has 0 spiro atoms. The van der Waals surface area contributed by atoms with Gasteiger partial charge < -0.3 is 16.4 Å². The van der Waals surface area contributed by atoms with Gasteiger partial charge in [-0.2, -0.15) is 10.1 Å². The molecule has 2 aromatic rings. The van der Waals surface area contributed by atoms with E-state index in [0.29, 0.717) is 17.9 Å². The highest BCUT2D eigenvalue weighted by Crippen LogP contribution is 2.35. The fraction of sp³-hybridized carbons (Fsp3) is 0.588. The predicted molar refractivity (Wildman–Crippen MR) is 111 cm³/mol. The van der Waals surface area contributed by atoms with Crippen LogP contribution in [0.5, 0.6) is 0 Å². The fourth-order valence-electron chi connectivity index (χ4n) is 3.33. The van der Waals surface area contributed by atoms with E-state index in [1.807, 2.05) is 14.0 Å². The molecule has 0 unspecified atom stereocenters.